The lowest BCUT2D eigenvalue weighted by atomic mass is 9.65. The van der Waals surface area contributed by atoms with E-state index in [9.17, 15) is 0 Å². The third-order valence-electron chi connectivity index (χ3n) is 13.3. The molecule has 0 saturated carbocycles. The van der Waals surface area contributed by atoms with Gasteiger partial charge in [0.1, 0.15) is 11.5 Å². The van der Waals surface area contributed by atoms with Crippen molar-refractivity contribution in [2.24, 2.45) is 0 Å². The number of rotatable bonds is 3. The molecule has 284 valence electrons. The van der Waals surface area contributed by atoms with E-state index in [1.807, 2.05) is 6.07 Å². The van der Waals surface area contributed by atoms with Gasteiger partial charge in [-0.25, -0.2) is 0 Å². The van der Waals surface area contributed by atoms with E-state index in [2.05, 4.69) is 223 Å². The van der Waals surface area contributed by atoms with Gasteiger partial charge in [0.15, 0.2) is 0 Å². The molecule has 61 heavy (non-hydrogen) atoms. The second kappa shape index (κ2) is 13.0. The van der Waals surface area contributed by atoms with E-state index in [-0.39, 0.29) is 0 Å². The molecule has 1 atom stereocenters. The van der Waals surface area contributed by atoms with Crippen molar-refractivity contribution < 1.29 is 4.74 Å². The van der Waals surface area contributed by atoms with Crippen LogP contribution in [0.15, 0.2) is 224 Å². The summed E-state index contributed by atoms with van der Waals surface area (Å²) in [6.45, 7) is 0. The first-order valence-electron chi connectivity index (χ1n) is 21.1. The number of hydrogen-bond donors (Lipinski definition) is 0. The molecule has 0 radical (unpaired) electrons. The van der Waals surface area contributed by atoms with Crippen molar-refractivity contribution in [1.29, 1.82) is 0 Å². The monoisotopic (exact) mass is 775 g/mol. The van der Waals surface area contributed by atoms with Gasteiger partial charge in [0.2, 0.25) is 0 Å². The van der Waals surface area contributed by atoms with Gasteiger partial charge in [-0.2, -0.15) is 0 Å². The van der Waals surface area contributed by atoms with Gasteiger partial charge in [-0.05, 0) is 126 Å². The van der Waals surface area contributed by atoms with Crippen LogP contribution in [-0.2, 0) is 5.41 Å². The Labute approximate surface area is 355 Å². The number of hydrogen-bond acceptors (Lipinski definition) is 2. The van der Waals surface area contributed by atoms with Crippen LogP contribution >= 0.6 is 0 Å². The van der Waals surface area contributed by atoms with Gasteiger partial charge in [-0.1, -0.05) is 176 Å². The highest BCUT2D eigenvalue weighted by molar-refractivity contribution is 6.06. The third-order valence-corrected chi connectivity index (χ3v) is 13.3. The minimum atomic E-state index is -0.618. The van der Waals surface area contributed by atoms with Crippen LogP contribution in [0.25, 0.3) is 66.4 Å². The predicted octanol–water partition coefficient (Wildman–Crippen LogP) is 15.8. The molecule has 1 heterocycles. The van der Waals surface area contributed by atoms with Crippen LogP contribution in [0.5, 0.6) is 11.5 Å². The van der Waals surface area contributed by atoms with Gasteiger partial charge in [0.05, 0.1) is 5.41 Å². The van der Waals surface area contributed by atoms with Gasteiger partial charge >= 0.3 is 0 Å². The van der Waals surface area contributed by atoms with Gasteiger partial charge in [-0.15, -0.1) is 0 Å². The van der Waals surface area contributed by atoms with Crippen molar-refractivity contribution in [3.05, 3.63) is 247 Å². The molecule has 0 aromatic heterocycles. The minimum Gasteiger partial charge on any atom is -0.456 e. The van der Waals surface area contributed by atoms with E-state index < -0.39 is 5.41 Å². The van der Waals surface area contributed by atoms with Gasteiger partial charge < -0.3 is 9.64 Å². The normalized spacial score (nSPS) is 14.8. The summed E-state index contributed by atoms with van der Waals surface area (Å²) in [6.07, 6.45) is 0. The van der Waals surface area contributed by atoms with Gasteiger partial charge in [-0.3, -0.25) is 0 Å². The zero-order valence-corrected chi connectivity index (χ0v) is 33.2. The maximum absolute atomic E-state index is 6.61. The van der Waals surface area contributed by atoms with Crippen LogP contribution in [0, 0.1) is 0 Å². The molecule has 1 aliphatic heterocycles. The standard InChI is InChI=1S/C59H37NO/c1-2-17-39(18-3-1)60(40-31-33-45-48-23-10-14-28-56(48)61-57-29-15-11-24-49(57)51(45)36-40)41-32-34-47-44-21-7-6-20-43(44)46-22-8-12-26-52(46)59(55(47)37-41)53-27-13-9-25-50(53)58-42-19-5-4-16-38(42)30-35-54(58)59/h1-37H. The summed E-state index contributed by atoms with van der Waals surface area (Å²) in [6, 6.07) is 82.6. The number of nitrogens with zero attached hydrogens (tertiary/aromatic N) is 1. The quantitative estimate of drug-likeness (QED) is 0.177. The van der Waals surface area contributed by atoms with Crippen molar-refractivity contribution in [2.45, 2.75) is 5.41 Å². The van der Waals surface area contributed by atoms with Crippen molar-refractivity contribution in [3.8, 4) is 67.1 Å². The SMILES string of the molecule is c1ccc(N(c2ccc3c(c2)-c2ccccc2Oc2ccccc2-3)c2ccc3c(c2)C2(c4ccccc4-c4ccccc4-3)c3ccccc3-c3c2ccc2ccccc32)cc1. The highest BCUT2D eigenvalue weighted by Crippen LogP contribution is 2.63. The number of fused-ring (bicyclic) bond motifs is 19. The van der Waals surface area contributed by atoms with Gasteiger partial charge in [0.25, 0.3) is 0 Å². The molecule has 1 unspecified atom stereocenters. The summed E-state index contributed by atoms with van der Waals surface area (Å²) in [7, 11) is 0. The Bertz CT molecular complexity index is 3420. The first-order valence-corrected chi connectivity index (χ1v) is 21.1. The van der Waals surface area contributed by atoms with E-state index in [1.54, 1.807) is 0 Å². The van der Waals surface area contributed by atoms with Gasteiger partial charge in [0, 0.05) is 28.2 Å². The van der Waals surface area contributed by atoms with Crippen LogP contribution in [0.3, 0.4) is 0 Å². The number of benzene rings is 10. The first-order chi connectivity index (χ1) is 30.3. The molecule has 2 nitrogen and oxygen atoms in total. The molecule has 13 rings (SSSR count). The summed E-state index contributed by atoms with van der Waals surface area (Å²) in [5, 5.41) is 2.53. The molecular weight excluding hydrogens is 739 g/mol. The Kier molecular flexibility index (Phi) is 7.26. The second-order valence-electron chi connectivity index (χ2n) is 16.3. The molecule has 0 saturated heterocycles. The maximum Gasteiger partial charge on any atom is 0.135 e. The fraction of sp³-hybridized carbons (Fsp3) is 0.0169. The Morgan fingerprint density at radius 2 is 0.803 bits per heavy atom. The lowest BCUT2D eigenvalue weighted by Gasteiger charge is -2.36. The Balaban J connectivity index is 1.13. The highest BCUT2D eigenvalue weighted by atomic mass is 16.5. The lowest BCUT2D eigenvalue weighted by Crippen LogP contribution is -2.29. The van der Waals surface area contributed by atoms with Crippen LogP contribution in [0.1, 0.15) is 22.3 Å². The van der Waals surface area contributed by atoms with Crippen molar-refractivity contribution in [1.82, 2.24) is 0 Å². The Hall–Kier alpha value is -7.94. The first kappa shape index (κ1) is 34.0. The third kappa shape index (κ3) is 4.79. The Morgan fingerprint density at radius 1 is 0.295 bits per heavy atom. The maximum atomic E-state index is 6.61. The minimum absolute atomic E-state index is 0.618. The van der Waals surface area contributed by atoms with E-state index in [0.29, 0.717) is 0 Å². The molecule has 0 amide bonds. The van der Waals surface area contributed by atoms with Crippen molar-refractivity contribution in [3.63, 3.8) is 0 Å². The molecule has 10 aromatic rings. The van der Waals surface area contributed by atoms with Crippen molar-refractivity contribution >= 4 is 27.8 Å². The molecule has 0 fully saturated rings. The zero-order valence-electron chi connectivity index (χ0n) is 33.2. The number of ether oxygens (including phenoxy) is 1. The van der Waals surface area contributed by atoms with Crippen molar-refractivity contribution in [2.75, 3.05) is 4.90 Å². The number of para-hydroxylation sites is 3. The summed E-state index contributed by atoms with van der Waals surface area (Å²) < 4.78 is 6.61. The molecule has 10 aromatic carbocycles. The summed E-state index contributed by atoms with van der Waals surface area (Å²) in [5.41, 5.74) is 19.9. The average molecular weight is 776 g/mol. The molecule has 0 N–H and O–H groups in total. The molecular formula is C59H37NO. The highest BCUT2D eigenvalue weighted by Gasteiger charge is 2.50. The lowest BCUT2D eigenvalue weighted by molar-refractivity contribution is 0.488. The topological polar surface area (TPSA) is 12.5 Å². The zero-order chi connectivity index (χ0) is 40.1. The van der Waals surface area contributed by atoms with E-state index in [4.69, 9.17) is 4.74 Å². The fourth-order valence-corrected chi connectivity index (χ4v) is 10.8. The molecule has 3 aliphatic rings. The summed E-state index contributed by atoms with van der Waals surface area (Å²) in [5.74, 6) is 1.72. The largest absolute Gasteiger partial charge is 0.456 e. The smallest absolute Gasteiger partial charge is 0.135 e. The van der Waals surface area contributed by atoms with Crippen LogP contribution < -0.4 is 9.64 Å². The van der Waals surface area contributed by atoms with Crippen LogP contribution in [-0.4, -0.2) is 0 Å². The van der Waals surface area contributed by atoms with E-state index in [0.717, 1.165) is 50.8 Å². The molecule has 2 aliphatic carbocycles. The Morgan fingerprint density at radius 3 is 1.54 bits per heavy atom. The van der Waals surface area contributed by atoms with E-state index >= 15 is 0 Å². The fourth-order valence-electron chi connectivity index (χ4n) is 10.8. The molecule has 2 heteroatoms. The second-order valence-corrected chi connectivity index (χ2v) is 16.3. The predicted molar refractivity (Wildman–Crippen MR) is 251 cm³/mol. The summed E-state index contributed by atoms with van der Waals surface area (Å²) >= 11 is 0. The van der Waals surface area contributed by atoms with Crippen LogP contribution in [0.4, 0.5) is 17.1 Å². The van der Waals surface area contributed by atoms with E-state index in [1.165, 1.54) is 66.4 Å². The summed E-state index contributed by atoms with van der Waals surface area (Å²) in [4.78, 5) is 2.43. The number of anilines is 3. The average Bonchev–Trinajstić information content (AvgIpc) is 3.48. The molecule has 1 spiro atoms. The molecule has 0 bridgehead atoms. The van der Waals surface area contributed by atoms with Crippen LogP contribution in [0.2, 0.25) is 0 Å².